The van der Waals surface area contributed by atoms with Crippen molar-refractivity contribution in [3.63, 3.8) is 0 Å². The highest BCUT2D eigenvalue weighted by Gasteiger charge is 2.33. The molecule has 106 valence electrons. The van der Waals surface area contributed by atoms with Gasteiger partial charge in [-0.25, -0.2) is 8.42 Å². The topological polar surface area (TPSA) is 63.7 Å². The van der Waals surface area contributed by atoms with Crippen LogP contribution >= 0.6 is 22.0 Å². The molecule has 2 rings (SSSR count). The van der Waals surface area contributed by atoms with Crippen LogP contribution < -0.4 is 0 Å². The molecule has 8 heteroatoms. The second-order valence-corrected chi connectivity index (χ2v) is 8.02. The minimum atomic E-state index is -3.77. The number of nitrogens with zero attached hydrogens (tertiary/aromatic N) is 1. The lowest BCUT2D eigenvalue weighted by atomic mass is 10.3. The lowest BCUT2D eigenvalue weighted by Gasteiger charge is -2.21. The zero-order valence-electron chi connectivity index (χ0n) is 10.3. The third-order valence-corrected chi connectivity index (χ3v) is 5.89. The van der Waals surface area contributed by atoms with Crippen molar-refractivity contribution >= 4 is 37.0 Å². The number of methoxy groups -OCH3 is 1. The Kier molecular flexibility index (Phi) is 4.50. The fourth-order valence-corrected chi connectivity index (χ4v) is 3.69. The zero-order chi connectivity index (χ0) is 14.0. The van der Waals surface area contributed by atoms with Gasteiger partial charge in [0, 0.05) is 35.8 Å². The first kappa shape index (κ1) is 14.8. The van der Waals surface area contributed by atoms with E-state index in [9.17, 15) is 13.2 Å². The van der Waals surface area contributed by atoms with E-state index in [4.69, 9.17) is 15.4 Å². The quantitative estimate of drug-likeness (QED) is 0.750. The Morgan fingerprint density at radius 1 is 1.58 bits per heavy atom. The molecule has 0 atom stereocenters. The number of carbonyl (C=O) groups is 1. The van der Waals surface area contributed by atoms with E-state index in [-0.39, 0.29) is 16.2 Å². The van der Waals surface area contributed by atoms with Gasteiger partial charge in [-0.3, -0.25) is 4.79 Å². The number of halogens is 1. The van der Waals surface area contributed by atoms with E-state index in [2.05, 4.69) is 0 Å². The van der Waals surface area contributed by atoms with Gasteiger partial charge in [0.15, 0.2) is 0 Å². The molecule has 0 radical (unpaired) electrons. The lowest BCUT2D eigenvalue weighted by molar-refractivity contribution is 0.0680. The predicted octanol–water partition coefficient (Wildman–Crippen LogP) is 1.93. The van der Waals surface area contributed by atoms with Crippen LogP contribution in [0.3, 0.4) is 0 Å². The van der Waals surface area contributed by atoms with Crippen molar-refractivity contribution in [1.29, 1.82) is 0 Å². The third-order valence-electron chi connectivity index (χ3n) is 2.85. The second-order valence-electron chi connectivity index (χ2n) is 4.31. The molecule has 1 aromatic rings. The number of hydrogen-bond acceptors (Lipinski definition) is 5. The summed E-state index contributed by atoms with van der Waals surface area (Å²) < 4.78 is 27.4. The normalized spacial score (nSPS) is 15.5. The van der Waals surface area contributed by atoms with Crippen LogP contribution in [-0.4, -0.2) is 45.5 Å². The summed E-state index contributed by atoms with van der Waals surface area (Å²) in [5.74, 6) is -0.164. The molecule has 0 aliphatic heterocycles. The summed E-state index contributed by atoms with van der Waals surface area (Å²) in [6.45, 7) is 0.978. The summed E-state index contributed by atoms with van der Waals surface area (Å²) in [4.78, 5) is 14.0. The number of rotatable bonds is 6. The average molecular weight is 324 g/mol. The maximum absolute atomic E-state index is 12.3. The van der Waals surface area contributed by atoms with Gasteiger partial charge in [0.2, 0.25) is 0 Å². The molecule has 0 unspecified atom stereocenters. The van der Waals surface area contributed by atoms with E-state index in [1.807, 2.05) is 0 Å². The smallest absolute Gasteiger partial charge is 0.270 e. The highest BCUT2D eigenvalue weighted by atomic mass is 35.7. The van der Waals surface area contributed by atoms with E-state index in [1.165, 1.54) is 11.4 Å². The highest BCUT2D eigenvalue weighted by molar-refractivity contribution is 8.15. The third kappa shape index (κ3) is 3.68. The summed E-state index contributed by atoms with van der Waals surface area (Å²) >= 11 is 0.960. The van der Waals surface area contributed by atoms with Crippen LogP contribution in [0.25, 0.3) is 0 Å². The molecule has 0 spiro atoms. The van der Waals surface area contributed by atoms with Gasteiger partial charge >= 0.3 is 0 Å². The van der Waals surface area contributed by atoms with Gasteiger partial charge in [0.1, 0.15) is 4.21 Å². The second kappa shape index (κ2) is 5.78. The molecule has 0 bridgehead atoms. The van der Waals surface area contributed by atoms with E-state index in [1.54, 1.807) is 12.0 Å². The molecule has 1 heterocycles. The fourth-order valence-electron chi connectivity index (χ4n) is 1.75. The van der Waals surface area contributed by atoms with Gasteiger partial charge in [-0.1, -0.05) is 0 Å². The van der Waals surface area contributed by atoms with Crippen molar-refractivity contribution in [2.75, 3.05) is 20.3 Å². The predicted molar refractivity (Wildman–Crippen MR) is 73.3 cm³/mol. The summed E-state index contributed by atoms with van der Waals surface area (Å²) in [7, 11) is 3.07. The maximum atomic E-state index is 12.3. The molecular formula is C11H14ClNO4S2. The largest absolute Gasteiger partial charge is 0.383 e. The van der Waals surface area contributed by atoms with Gasteiger partial charge < -0.3 is 9.64 Å². The Balaban J connectivity index is 2.15. The minimum Gasteiger partial charge on any atom is -0.383 e. The molecule has 0 N–H and O–H groups in total. The van der Waals surface area contributed by atoms with Gasteiger partial charge in [-0.05, 0) is 18.9 Å². The number of hydrogen-bond donors (Lipinski definition) is 0. The molecule has 0 aromatic carbocycles. The van der Waals surface area contributed by atoms with Crippen LogP contribution in [-0.2, 0) is 13.8 Å². The average Bonchev–Trinajstić information content (AvgIpc) is 3.04. The van der Waals surface area contributed by atoms with E-state index < -0.39 is 9.05 Å². The molecule has 1 aromatic heterocycles. The maximum Gasteiger partial charge on any atom is 0.270 e. The van der Waals surface area contributed by atoms with E-state index in [0.717, 1.165) is 24.2 Å². The highest BCUT2D eigenvalue weighted by Crippen LogP contribution is 2.30. The first-order valence-electron chi connectivity index (χ1n) is 5.76. The number of ether oxygens (including phenoxy) is 1. The summed E-state index contributed by atoms with van der Waals surface area (Å²) in [5.41, 5.74) is 0.368. The Bertz CT molecular complexity index is 565. The SMILES string of the molecule is COCCN(C(=O)c1csc(S(=O)(=O)Cl)c1)C1CC1. The molecular weight excluding hydrogens is 310 g/mol. The van der Waals surface area contributed by atoms with Crippen molar-refractivity contribution in [3.05, 3.63) is 17.0 Å². The van der Waals surface area contributed by atoms with Crippen LogP contribution in [0.15, 0.2) is 15.7 Å². The van der Waals surface area contributed by atoms with Crippen LogP contribution in [0.2, 0.25) is 0 Å². The van der Waals surface area contributed by atoms with Crippen LogP contribution in [0.5, 0.6) is 0 Å². The van der Waals surface area contributed by atoms with E-state index >= 15 is 0 Å². The fraction of sp³-hybridized carbons (Fsp3) is 0.545. The Morgan fingerprint density at radius 3 is 2.74 bits per heavy atom. The number of amides is 1. The van der Waals surface area contributed by atoms with Crippen molar-refractivity contribution in [3.8, 4) is 0 Å². The van der Waals surface area contributed by atoms with Crippen LogP contribution in [0.4, 0.5) is 0 Å². The lowest BCUT2D eigenvalue weighted by Crippen LogP contribution is -2.35. The molecule has 1 fully saturated rings. The Hall–Kier alpha value is -0.630. The van der Waals surface area contributed by atoms with Crippen molar-refractivity contribution in [2.24, 2.45) is 0 Å². The van der Waals surface area contributed by atoms with Gasteiger partial charge in [0.25, 0.3) is 15.0 Å². The molecule has 1 aliphatic carbocycles. The van der Waals surface area contributed by atoms with Crippen molar-refractivity contribution in [1.82, 2.24) is 4.90 Å². The zero-order valence-corrected chi connectivity index (χ0v) is 12.7. The first-order valence-corrected chi connectivity index (χ1v) is 8.95. The van der Waals surface area contributed by atoms with Gasteiger partial charge in [0.05, 0.1) is 12.2 Å². The summed E-state index contributed by atoms with van der Waals surface area (Å²) in [5, 5.41) is 1.53. The van der Waals surface area contributed by atoms with Gasteiger partial charge in [-0.2, -0.15) is 0 Å². The number of thiophene rings is 1. The molecule has 19 heavy (non-hydrogen) atoms. The number of carbonyl (C=O) groups excluding carboxylic acids is 1. The molecule has 5 nitrogen and oxygen atoms in total. The molecule has 1 amide bonds. The minimum absolute atomic E-state index is 0.00000475. The van der Waals surface area contributed by atoms with Crippen molar-refractivity contribution < 1.29 is 17.9 Å². The monoisotopic (exact) mass is 323 g/mol. The van der Waals surface area contributed by atoms with Crippen LogP contribution in [0, 0.1) is 0 Å². The standard InChI is InChI=1S/C11H14ClNO4S2/c1-17-5-4-13(9-2-3-9)11(14)8-6-10(18-7-8)19(12,15)16/h6-7,9H,2-5H2,1H3. The molecule has 0 saturated heterocycles. The Morgan fingerprint density at radius 2 is 2.26 bits per heavy atom. The van der Waals surface area contributed by atoms with E-state index in [0.29, 0.717) is 18.7 Å². The summed E-state index contributed by atoms with van der Waals surface area (Å²) in [6.07, 6.45) is 1.97. The first-order chi connectivity index (χ1) is 8.93. The van der Waals surface area contributed by atoms with Gasteiger partial charge in [-0.15, -0.1) is 11.3 Å². The molecule has 1 saturated carbocycles. The Labute approximate surface area is 120 Å². The van der Waals surface area contributed by atoms with Crippen molar-refractivity contribution in [2.45, 2.75) is 23.1 Å². The molecule has 1 aliphatic rings. The summed E-state index contributed by atoms with van der Waals surface area (Å²) in [6, 6.07) is 1.58. The van der Waals surface area contributed by atoms with Crippen LogP contribution in [0.1, 0.15) is 23.2 Å².